The second-order valence-corrected chi connectivity index (χ2v) is 6.07. The molecule has 1 atom stereocenters. The lowest BCUT2D eigenvalue weighted by Gasteiger charge is -2.20. The predicted molar refractivity (Wildman–Crippen MR) is 85.6 cm³/mol. The average molecular weight is 375 g/mol. The van der Waals surface area contributed by atoms with Crippen LogP contribution in [0.15, 0.2) is 40.9 Å². The lowest BCUT2D eigenvalue weighted by Crippen LogP contribution is -2.24. The summed E-state index contributed by atoms with van der Waals surface area (Å²) >= 11 is 9.25. The molecule has 21 heavy (non-hydrogen) atoms. The van der Waals surface area contributed by atoms with Gasteiger partial charge in [0.05, 0.1) is 0 Å². The molecule has 2 aromatic carbocycles. The molecule has 112 valence electrons. The molecule has 0 aromatic heterocycles. The molecule has 2 rings (SSSR count). The highest BCUT2D eigenvalue weighted by Crippen LogP contribution is 2.26. The molecule has 1 N–H and O–H groups in total. The smallest absolute Gasteiger partial charge is 0.128 e. The molecule has 0 saturated carbocycles. The van der Waals surface area contributed by atoms with Crippen LogP contribution in [-0.2, 0) is 6.42 Å². The van der Waals surface area contributed by atoms with Gasteiger partial charge in [0, 0.05) is 21.1 Å². The Balaban J connectivity index is 2.35. The molecule has 1 nitrogen and oxygen atoms in total. The first-order valence-corrected chi connectivity index (χ1v) is 7.80. The van der Waals surface area contributed by atoms with Crippen molar-refractivity contribution in [2.24, 2.45) is 0 Å². The largest absolute Gasteiger partial charge is 0.310 e. The number of halogens is 4. The number of rotatable bonds is 5. The third-order valence-corrected chi connectivity index (χ3v) is 3.94. The SMILES string of the molecule is CCNC(Cc1cc(Cl)ccc1F)c1cc(Br)ccc1F. The molecule has 2 aromatic rings. The van der Waals surface area contributed by atoms with E-state index in [0.29, 0.717) is 29.1 Å². The van der Waals surface area contributed by atoms with Crippen molar-refractivity contribution < 1.29 is 8.78 Å². The number of benzene rings is 2. The van der Waals surface area contributed by atoms with Gasteiger partial charge in [-0.1, -0.05) is 34.5 Å². The highest BCUT2D eigenvalue weighted by molar-refractivity contribution is 9.10. The van der Waals surface area contributed by atoms with Crippen LogP contribution in [0, 0.1) is 11.6 Å². The molecule has 5 heteroatoms. The van der Waals surface area contributed by atoms with Gasteiger partial charge in [-0.15, -0.1) is 0 Å². The summed E-state index contributed by atoms with van der Waals surface area (Å²) in [5.41, 5.74) is 0.971. The maximum atomic E-state index is 14.0. The molecule has 0 radical (unpaired) electrons. The molecule has 0 aliphatic heterocycles. The summed E-state index contributed by atoms with van der Waals surface area (Å²) in [6.45, 7) is 2.58. The minimum absolute atomic E-state index is 0.313. The minimum Gasteiger partial charge on any atom is -0.310 e. The van der Waals surface area contributed by atoms with Crippen LogP contribution in [0.1, 0.15) is 24.1 Å². The van der Waals surface area contributed by atoms with Crippen LogP contribution in [0.5, 0.6) is 0 Å². The van der Waals surface area contributed by atoms with E-state index >= 15 is 0 Å². The Bertz CT molecular complexity index is 634. The third-order valence-electron chi connectivity index (χ3n) is 3.22. The van der Waals surface area contributed by atoms with E-state index < -0.39 is 0 Å². The molecule has 0 saturated heterocycles. The fourth-order valence-electron chi connectivity index (χ4n) is 2.24. The summed E-state index contributed by atoms with van der Waals surface area (Å²) in [5, 5.41) is 3.66. The maximum absolute atomic E-state index is 14.0. The van der Waals surface area contributed by atoms with Crippen molar-refractivity contribution in [1.29, 1.82) is 0 Å². The van der Waals surface area contributed by atoms with Crippen molar-refractivity contribution in [3.63, 3.8) is 0 Å². The molecule has 0 fully saturated rings. The van der Waals surface area contributed by atoms with Crippen LogP contribution in [0.2, 0.25) is 5.02 Å². The van der Waals surface area contributed by atoms with Crippen LogP contribution in [0.25, 0.3) is 0 Å². The van der Waals surface area contributed by atoms with E-state index in [-0.39, 0.29) is 17.7 Å². The zero-order valence-corrected chi connectivity index (χ0v) is 13.8. The summed E-state index contributed by atoms with van der Waals surface area (Å²) in [6, 6.07) is 8.85. The zero-order valence-electron chi connectivity index (χ0n) is 11.5. The van der Waals surface area contributed by atoms with Gasteiger partial charge in [-0.05, 0) is 54.9 Å². The van der Waals surface area contributed by atoms with Gasteiger partial charge in [0.25, 0.3) is 0 Å². The lowest BCUT2D eigenvalue weighted by atomic mass is 9.98. The third kappa shape index (κ3) is 4.25. The Morgan fingerprint density at radius 2 is 1.86 bits per heavy atom. The van der Waals surface area contributed by atoms with Gasteiger partial charge in [-0.25, -0.2) is 8.78 Å². The molecule has 0 spiro atoms. The molecule has 0 bridgehead atoms. The van der Waals surface area contributed by atoms with E-state index in [1.807, 2.05) is 6.92 Å². The zero-order chi connectivity index (χ0) is 15.4. The summed E-state index contributed by atoms with van der Waals surface area (Å²) in [4.78, 5) is 0. The van der Waals surface area contributed by atoms with E-state index in [1.54, 1.807) is 18.2 Å². The molecular weight excluding hydrogens is 360 g/mol. The van der Waals surface area contributed by atoms with E-state index in [0.717, 1.165) is 4.47 Å². The van der Waals surface area contributed by atoms with Gasteiger partial charge < -0.3 is 5.32 Å². The van der Waals surface area contributed by atoms with Crippen LogP contribution in [0.3, 0.4) is 0 Å². The van der Waals surface area contributed by atoms with Crippen LogP contribution >= 0.6 is 27.5 Å². The van der Waals surface area contributed by atoms with Crippen molar-refractivity contribution in [3.8, 4) is 0 Å². The van der Waals surface area contributed by atoms with Crippen molar-refractivity contribution in [2.45, 2.75) is 19.4 Å². The van der Waals surface area contributed by atoms with E-state index in [1.165, 1.54) is 18.2 Å². The molecule has 1 unspecified atom stereocenters. The first-order chi connectivity index (χ1) is 10.0. The molecule has 0 aliphatic rings. The van der Waals surface area contributed by atoms with Crippen molar-refractivity contribution >= 4 is 27.5 Å². The monoisotopic (exact) mass is 373 g/mol. The van der Waals surface area contributed by atoms with Crippen molar-refractivity contribution in [2.75, 3.05) is 6.54 Å². The molecular formula is C16H15BrClF2N. The highest BCUT2D eigenvalue weighted by atomic mass is 79.9. The number of hydrogen-bond acceptors (Lipinski definition) is 1. The first kappa shape index (κ1) is 16.4. The molecule has 0 amide bonds. The number of hydrogen-bond donors (Lipinski definition) is 1. The van der Waals surface area contributed by atoms with Gasteiger partial charge >= 0.3 is 0 Å². The second-order valence-electron chi connectivity index (χ2n) is 4.72. The van der Waals surface area contributed by atoms with E-state index in [4.69, 9.17) is 11.6 Å². The Kier molecular flexibility index (Phi) is 5.73. The van der Waals surface area contributed by atoms with E-state index in [9.17, 15) is 8.78 Å². The minimum atomic E-state index is -0.335. The normalized spacial score (nSPS) is 12.4. The predicted octanol–water partition coefficient (Wildman–Crippen LogP) is 5.27. The number of likely N-dealkylation sites (N-methyl/N-ethyl adjacent to an activating group) is 1. The van der Waals surface area contributed by atoms with Crippen LogP contribution in [-0.4, -0.2) is 6.54 Å². The fraction of sp³-hybridized carbons (Fsp3) is 0.250. The first-order valence-electron chi connectivity index (χ1n) is 6.63. The van der Waals surface area contributed by atoms with Crippen molar-refractivity contribution in [3.05, 3.63) is 68.7 Å². The van der Waals surface area contributed by atoms with Gasteiger partial charge in [0.15, 0.2) is 0 Å². The lowest BCUT2D eigenvalue weighted by molar-refractivity contribution is 0.498. The Hall–Kier alpha value is -0.970. The van der Waals surface area contributed by atoms with Crippen LogP contribution in [0.4, 0.5) is 8.78 Å². The van der Waals surface area contributed by atoms with E-state index in [2.05, 4.69) is 21.2 Å². The Morgan fingerprint density at radius 1 is 1.14 bits per heavy atom. The molecule has 0 heterocycles. The van der Waals surface area contributed by atoms with Crippen LogP contribution < -0.4 is 5.32 Å². The second kappa shape index (κ2) is 7.34. The summed E-state index contributed by atoms with van der Waals surface area (Å²) in [5.74, 6) is -0.649. The topological polar surface area (TPSA) is 12.0 Å². The summed E-state index contributed by atoms with van der Waals surface area (Å²) in [6.07, 6.45) is 0.327. The Morgan fingerprint density at radius 3 is 2.57 bits per heavy atom. The quantitative estimate of drug-likeness (QED) is 0.751. The maximum Gasteiger partial charge on any atom is 0.128 e. The fourth-order valence-corrected chi connectivity index (χ4v) is 2.81. The van der Waals surface area contributed by atoms with Gasteiger partial charge in [-0.3, -0.25) is 0 Å². The highest BCUT2D eigenvalue weighted by Gasteiger charge is 2.18. The molecule has 0 aliphatic carbocycles. The van der Waals surface area contributed by atoms with Gasteiger partial charge in [0.1, 0.15) is 11.6 Å². The van der Waals surface area contributed by atoms with Gasteiger partial charge in [0.2, 0.25) is 0 Å². The summed E-state index contributed by atoms with van der Waals surface area (Å²) in [7, 11) is 0. The Labute approximate surface area is 136 Å². The average Bonchev–Trinajstić information content (AvgIpc) is 2.45. The summed E-state index contributed by atoms with van der Waals surface area (Å²) < 4.78 is 28.7. The standard InChI is InChI=1S/C16H15BrClF2N/c1-2-21-16(13-9-11(17)3-5-15(13)20)8-10-7-12(18)4-6-14(10)19/h3-7,9,16,21H,2,8H2,1H3. The van der Waals surface area contributed by atoms with Gasteiger partial charge in [-0.2, -0.15) is 0 Å². The number of nitrogens with one attached hydrogen (secondary N) is 1. The van der Waals surface area contributed by atoms with Crippen molar-refractivity contribution in [1.82, 2.24) is 5.32 Å².